The van der Waals surface area contributed by atoms with Crippen molar-refractivity contribution < 1.29 is 18.7 Å². The van der Waals surface area contributed by atoms with E-state index in [1.54, 1.807) is 12.1 Å². The molecule has 4 heteroatoms. The summed E-state index contributed by atoms with van der Waals surface area (Å²) >= 11 is 0. The van der Waals surface area contributed by atoms with Gasteiger partial charge in [-0.2, -0.15) is 0 Å². The average molecular weight is 242 g/mol. The smallest absolute Gasteiger partial charge is 0.335 e. The Morgan fingerprint density at radius 1 is 1.41 bits per heavy atom. The number of alkyl halides is 2. The number of aryl methyl sites for hydroxylation is 1. The Labute approximate surface area is 99.3 Å². The lowest BCUT2D eigenvalue weighted by Crippen LogP contribution is -2.14. The van der Waals surface area contributed by atoms with Gasteiger partial charge in [-0.1, -0.05) is 19.1 Å². The topological polar surface area (TPSA) is 37.3 Å². The lowest BCUT2D eigenvalue weighted by molar-refractivity contribution is -0.0130. The Morgan fingerprint density at radius 2 is 2.12 bits per heavy atom. The summed E-state index contributed by atoms with van der Waals surface area (Å²) in [5, 5.41) is 8.78. The Balaban J connectivity index is 2.52. The summed E-state index contributed by atoms with van der Waals surface area (Å²) in [5.74, 6) is -3.60. The predicted octanol–water partition coefficient (Wildman–Crippen LogP) is 3.75. The van der Waals surface area contributed by atoms with Crippen molar-refractivity contribution in [1.82, 2.24) is 0 Å². The van der Waals surface area contributed by atoms with Gasteiger partial charge in [-0.25, -0.2) is 13.6 Å². The van der Waals surface area contributed by atoms with Crippen LogP contribution in [0.4, 0.5) is 8.78 Å². The second kappa shape index (κ2) is 5.75. The molecule has 1 aromatic rings. The molecular formula is C13H16F2O2. The average Bonchev–Trinajstić information content (AvgIpc) is 2.29. The normalized spacial score (nSPS) is 11.5. The van der Waals surface area contributed by atoms with E-state index in [9.17, 15) is 13.6 Å². The van der Waals surface area contributed by atoms with E-state index in [1.165, 1.54) is 19.1 Å². The summed E-state index contributed by atoms with van der Waals surface area (Å²) in [6.45, 7) is 1.46. The fraction of sp³-hybridized carbons (Fsp3) is 0.462. The molecule has 2 nitrogen and oxygen atoms in total. The number of halogens is 2. The predicted molar refractivity (Wildman–Crippen MR) is 61.6 cm³/mol. The van der Waals surface area contributed by atoms with Crippen molar-refractivity contribution in [3.63, 3.8) is 0 Å². The van der Waals surface area contributed by atoms with Crippen molar-refractivity contribution in [2.45, 2.75) is 38.5 Å². The Bertz CT molecular complexity index is 389. The third-order valence-corrected chi connectivity index (χ3v) is 2.70. The minimum absolute atomic E-state index is 0.151. The van der Waals surface area contributed by atoms with Crippen molar-refractivity contribution in [1.29, 1.82) is 0 Å². The summed E-state index contributed by atoms with van der Waals surface area (Å²) in [5.41, 5.74) is 0.988. The van der Waals surface area contributed by atoms with Crippen LogP contribution in [0.5, 0.6) is 0 Å². The van der Waals surface area contributed by atoms with Crippen molar-refractivity contribution in [2.75, 3.05) is 0 Å². The zero-order valence-corrected chi connectivity index (χ0v) is 9.75. The van der Waals surface area contributed by atoms with Crippen LogP contribution in [0.2, 0.25) is 0 Å². The van der Waals surface area contributed by atoms with E-state index in [0.717, 1.165) is 5.56 Å². The van der Waals surface area contributed by atoms with E-state index in [2.05, 4.69) is 0 Å². The first kappa shape index (κ1) is 13.6. The summed E-state index contributed by atoms with van der Waals surface area (Å²) in [6, 6.07) is 6.42. The Morgan fingerprint density at radius 3 is 2.71 bits per heavy atom. The van der Waals surface area contributed by atoms with E-state index < -0.39 is 11.9 Å². The second-order valence-electron chi connectivity index (χ2n) is 4.07. The largest absolute Gasteiger partial charge is 0.478 e. The molecule has 0 saturated carbocycles. The summed E-state index contributed by atoms with van der Waals surface area (Å²) < 4.78 is 25.9. The van der Waals surface area contributed by atoms with Gasteiger partial charge in [0.05, 0.1) is 5.56 Å². The Kier molecular flexibility index (Phi) is 4.61. The molecule has 0 bridgehead atoms. The van der Waals surface area contributed by atoms with Gasteiger partial charge in [-0.15, -0.1) is 0 Å². The maximum atomic E-state index is 13.0. The van der Waals surface area contributed by atoms with Crippen molar-refractivity contribution in [3.8, 4) is 0 Å². The number of hydrogen-bond donors (Lipinski definition) is 1. The van der Waals surface area contributed by atoms with Crippen LogP contribution < -0.4 is 0 Å². The fourth-order valence-electron chi connectivity index (χ4n) is 1.59. The van der Waals surface area contributed by atoms with Gasteiger partial charge in [0.15, 0.2) is 0 Å². The van der Waals surface area contributed by atoms with Gasteiger partial charge in [0.25, 0.3) is 0 Å². The molecule has 0 aliphatic carbocycles. The molecular weight excluding hydrogens is 226 g/mol. The van der Waals surface area contributed by atoms with Gasteiger partial charge in [0.2, 0.25) is 5.92 Å². The maximum Gasteiger partial charge on any atom is 0.335 e. The minimum Gasteiger partial charge on any atom is -0.478 e. The number of aromatic carboxylic acids is 1. The van der Waals surface area contributed by atoms with Crippen LogP contribution in [-0.4, -0.2) is 17.0 Å². The number of carboxylic acids is 1. The molecule has 0 aliphatic rings. The highest BCUT2D eigenvalue weighted by Gasteiger charge is 2.24. The van der Waals surface area contributed by atoms with Crippen LogP contribution in [0.25, 0.3) is 0 Å². The van der Waals surface area contributed by atoms with E-state index in [0.29, 0.717) is 12.8 Å². The van der Waals surface area contributed by atoms with Gasteiger partial charge < -0.3 is 5.11 Å². The number of rotatable bonds is 6. The molecule has 1 N–H and O–H groups in total. The molecule has 94 valence electrons. The van der Waals surface area contributed by atoms with Gasteiger partial charge in [-0.05, 0) is 30.5 Å². The lowest BCUT2D eigenvalue weighted by Gasteiger charge is -2.13. The molecule has 0 radical (unpaired) electrons. The molecule has 1 rings (SSSR count). The highest BCUT2D eigenvalue weighted by Crippen LogP contribution is 2.24. The molecule has 0 saturated heterocycles. The van der Waals surface area contributed by atoms with Crippen LogP contribution in [0.15, 0.2) is 24.3 Å². The van der Waals surface area contributed by atoms with E-state index in [-0.39, 0.29) is 18.4 Å². The summed E-state index contributed by atoms with van der Waals surface area (Å²) in [4.78, 5) is 10.7. The van der Waals surface area contributed by atoms with Gasteiger partial charge >= 0.3 is 5.97 Å². The van der Waals surface area contributed by atoms with Crippen LogP contribution in [-0.2, 0) is 6.42 Å². The zero-order valence-electron chi connectivity index (χ0n) is 9.75. The van der Waals surface area contributed by atoms with E-state index in [1.807, 2.05) is 0 Å². The van der Waals surface area contributed by atoms with Crippen LogP contribution >= 0.6 is 0 Å². The molecule has 0 aliphatic heterocycles. The maximum absolute atomic E-state index is 13.0. The number of carboxylic acid groups (broad SMARTS) is 1. The van der Waals surface area contributed by atoms with Crippen molar-refractivity contribution in [3.05, 3.63) is 35.4 Å². The standard InChI is InChI=1S/C13H16F2O2/c1-2-13(14,15)8-4-6-10-5-3-7-11(9-10)12(16)17/h3,5,7,9H,2,4,6,8H2,1H3,(H,16,17). The molecule has 0 spiro atoms. The van der Waals surface area contributed by atoms with Gasteiger partial charge in [0.1, 0.15) is 0 Å². The van der Waals surface area contributed by atoms with Crippen LogP contribution in [0.1, 0.15) is 42.1 Å². The van der Waals surface area contributed by atoms with Crippen LogP contribution in [0.3, 0.4) is 0 Å². The first-order chi connectivity index (χ1) is 7.94. The van der Waals surface area contributed by atoms with E-state index in [4.69, 9.17) is 5.11 Å². The third-order valence-electron chi connectivity index (χ3n) is 2.70. The molecule has 0 amide bonds. The molecule has 1 aromatic carbocycles. The van der Waals surface area contributed by atoms with Crippen LogP contribution in [0, 0.1) is 0 Å². The summed E-state index contributed by atoms with van der Waals surface area (Å²) in [7, 11) is 0. The molecule has 0 unspecified atom stereocenters. The molecule has 0 fully saturated rings. The fourth-order valence-corrected chi connectivity index (χ4v) is 1.59. The molecule has 0 aromatic heterocycles. The third kappa shape index (κ3) is 4.51. The second-order valence-corrected chi connectivity index (χ2v) is 4.07. The number of hydrogen-bond acceptors (Lipinski definition) is 1. The molecule has 0 heterocycles. The highest BCUT2D eigenvalue weighted by molar-refractivity contribution is 5.87. The monoisotopic (exact) mass is 242 g/mol. The highest BCUT2D eigenvalue weighted by atomic mass is 19.3. The quantitative estimate of drug-likeness (QED) is 0.824. The first-order valence-electron chi connectivity index (χ1n) is 5.64. The molecule has 17 heavy (non-hydrogen) atoms. The zero-order chi connectivity index (χ0) is 12.9. The van der Waals surface area contributed by atoms with Crippen molar-refractivity contribution in [2.24, 2.45) is 0 Å². The lowest BCUT2D eigenvalue weighted by atomic mass is 10.0. The SMILES string of the molecule is CCC(F)(F)CCCc1cccc(C(=O)O)c1. The Hall–Kier alpha value is -1.45. The van der Waals surface area contributed by atoms with Gasteiger partial charge in [-0.3, -0.25) is 0 Å². The number of benzene rings is 1. The summed E-state index contributed by atoms with van der Waals surface area (Å²) in [6.07, 6.45) is 0.545. The molecule has 0 atom stereocenters. The van der Waals surface area contributed by atoms with Crippen molar-refractivity contribution >= 4 is 5.97 Å². The van der Waals surface area contributed by atoms with E-state index >= 15 is 0 Å². The first-order valence-corrected chi connectivity index (χ1v) is 5.64. The minimum atomic E-state index is -2.61. The van der Waals surface area contributed by atoms with Gasteiger partial charge in [0, 0.05) is 12.8 Å². The number of carbonyl (C=O) groups is 1.